The summed E-state index contributed by atoms with van der Waals surface area (Å²) in [6, 6.07) is 3.90. The summed E-state index contributed by atoms with van der Waals surface area (Å²) >= 11 is 0. The van der Waals surface area contributed by atoms with Crippen LogP contribution in [0.25, 0.3) is 0 Å². The highest BCUT2D eigenvalue weighted by Gasteiger charge is 2.48. The molecule has 134 valence electrons. The minimum atomic E-state index is -0.601. The van der Waals surface area contributed by atoms with Crippen LogP contribution in [0.15, 0.2) is 18.2 Å². The molecule has 1 fully saturated rings. The van der Waals surface area contributed by atoms with E-state index in [9.17, 15) is 13.6 Å². The van der Waals surface area contributed by atoms with Gasteiger partial charge in [0.1, 0.15) is 11.6 Å². The molecule has 1 aliphatic rings. The molecule has 2 aromatic rings. The Kier molecular flexibility index (Phi) is 4.62. The average molecular weight is 347 g/mol. The maximum atomic E-state index is 14.0. The molecule has 0 spiro atoms. The number of rotatable bonds is 6. The summed E-state index contributed by atoms with van der Waals surface area (Å²) in [5.41, 5.74) is 2.41. The van der Waals surface area contributed by atoms with Crippen LogP contribution in [0.5, 0.6) is 0 Å². The van der Waals surface area contributed by atoms with E-state index in [1.807, 2.05) is 20.8 Å². The van der Waals surface area contributed by atoms with Gasteiger partial charge < -0.3 is 5.32 Å². The number of nitrogens with one attached hydrogen (secondary N) is 2. The summed E-state index contributed by atoms with van der Waals surface area (Å²) in [4.78, 5) is 12.3. The highest BCUT2D eigenvalue weighted by Crippen LogP contribution is 2.49. The lowest BCUT2D eigenvalue weighted by Gasteiger charge is -2.19. The van der Waals surface area contributed by atoms with Gasteiger partial charge in [-0.1, -0.05) is 13.0 Å². The van der Waals surface area contributed by atoms with E-state index < -0.39 is 17.0 Å². The molecule has 4 nitrogen and oxygen atoms in total. The fraction of sp³-hybridized carbons (Fsp3) is 0.474. The van der Waals surface area contributed by atoms with Gasteiger partial charge in [0.25, 0.3) is 0 Å². The van der Waals surface area contributed by atoms with Gasteiger partial charge in [0.15, 0.2) is 0 Å². The number of benzene rings is 1. The number of aryl methyl sites for hydroxylation is 2. The van der Waals surface area contributed by atoms with Crippen molar-refractivity contribution in [2.45, 2.75) is 51.4 Å². The number of hydrogen-bond donors (Lipinski definition) is 2. The molecule has 0 aliphatic heterocycles. The lowest BCUT2D eigenvalue weighted by molar-refractivity contribution is -0.121. The van der Waals surface area contributed by atoms with Gasteiger partial charge in [-0.05, 0) is 50.3 Å². The standard InChI is InChI=1S/C19H23F2N3O/c1-11(17-12(2)23-24-13(17)3)9-16(25)22-10-19(7-8-19)18-14(20)5-4-6-15(18)21/h4-6,11H,7-10H2,1-3H3,(H,22,25)(H,23,24)/t11-/m0/s1. The van der Waals surface area contributed by atoms with Gasteiger partial charge in [0.2, 0.25) is 5.91 Å². The molecule has 2 N–H and O–H groups in total. The second-order valence-electron chi connectivity index (χ2n) is 7.11. The maximum absolute atomic E-state index is 14.0. The van der Waals surface area contributed by atoms with Crippen LogP contribution in [0.2, 0.25) is 0 Å². The Morgan fingerprint density at radius 2 is 1.96 bits per heavy atom. The van der Waals surface area contributed by atoms with Crippen molar-refractivity contribution >= 4 is 5.91 Å². The molecule has 3 rings (SSSR count). The average Bonchev–Trinajstić information content (AvgIpc) is 3.24. The quantitative estimate of drug-likeness (QED) is 0.838. The fourth-order valence-corrected chi connectivity index (χ4v) is 3.68. The van der Waals surface area contributed by atoms with Gasteiger partial charge in [-0.15, -0.1) is 0 Å². The predicted octanol–water partition coefficient (Wildman–Crippen LogP) is 3.65. The van der Waals surface area contributed by atoms with Crippen molar-refractivity contribution in [2.75, 3.05) is 6.54 Å². The van der Waals surface area contributed by atoms with Gasteiger partial charge in [-0.2, -0.15) is 5.10 Å². The summed E-state index contributed by atoms with van der Waals surface area (Å²) in [6.07, 6.45) is 1.68. The van der Waals surface area contributed by atoms with Gasteiger partial charge in [0, 0.05) is 29.6 Å². The first-order chi connectivity index (χ1) is 11.8. The molecule has 1 aromatic carbocycles. The van der Waals surface area contributed by atoms with Crippen LogP contribution in [0.1, 0.15) is 54.6 Å². The summed E-state index contributed by atoms with van der Waals surface area (Å²) in [6.45, 7) is 6.09. The topological polar surface area (TPSA) is 57.8 Å². The zero-order valence-corrected chi connectivity index (χ0v) is 14.7. The normalized spacial score (nSPS) is 16.5. The highest BCUT2D eigenvalue weighted by molar-refractivity contribution is 5.77. The molecule has 1 heterocycles. The summed E-state index contributed by atoms with van der Waals surface area (Å²) < 4.78 is 28.1. The van der Waals surface area contributed by atoms with E-state index in [0.29, 0.717) is 19.3 Å². The summed E-state index contributed by atoms with van der Waals surface area (Å²) in [7, 11) is 0. The lowest BCUT2D eigenvalue weighted by Crippen LogP contribution is -2.33. The van der Waals surface area contributed by atoms with Gasteiger partial charge >= 0.3 is 0 Å². The first-order valence-corrected chi connectivity index (χ1v) is 8.57. The molecule has 0 bridgehead atoms. The van der Waals surface area contributed by atoms with E-state index in [1.165, 1.54) is 18.2 Å². The molecule has 1 aliphatic carbocycles. The molecule has 1 aromatic heterocycles. The van der Waals surface area contributed by atoms with Crippen molar-refractivity contribution in [3.8, 4) is 0 Å². The van der Waals surface area contributed by atoms with E-state index >= 15 is 0 Å². The number of H-pyrrole nitrogens is 1. The van der Waals surface area contributed by atoms with E-state index in [-0.39, 0.29) is 23.9 Å². The van der Waals surface area contributed by atoms with E-state index in [1.54, 1.807) is 0 Å². The number of halogens is 2. The van der Waals surface area contributed by atoms with Crippen LogP contribution in [0.4, 0.5) is 8.78 Å². The number of carbonyl (C=O) groups excluding carboxylic acids is 1. The van der Waals surface area contributed by atoms with Crippen molar-refractivity contribution in [3.05, 3.63) is 52.3 Å². The van der Waals surface area contributed by atoms with Crippen LogP contribution in [0.3, 0.4) is 0 Å². The molecule has 0 unspecified atom stereocenters. The van der Waals surface area contributed by atoms with Crippen molar-refractivity contribution in [3.63, 3.8) is 0 Å². The highest BCUT2D eigenvalue weighted by atomic mass is 19.1. The number of aromatic nitrogens is 2. The SMILES string of the molecule is Cc1n[nH]c(C)c1[C@@H](C)CC(=O)NCC1(c2c(F)cccc2F)CC1. The van der Waals surface area contributed by atoms with Crippen molar-refractivity contribution in [1.29, 1.82) is 0 Å². The predicted molar refractivity (Wildman–Crippen MR) is 91.4 cm³/mol. The van der Waals surface area contributed by atoms with Crippen LogP contribution in [0, 0.1) is 25.5 Å². The molecule has 1 saturated carbocycles. The molecular weight excluding hydrogens is 324 g/mol. The maximum Gasteiger partial charge on any atom is 0.220 e. The third-order valence-corrected chi connectivity index (χ3v) is 5.14. The van der Waals surface area contributed by atoms with E-state index in [4.69, 9.17) is 0 Å². The number of nitrogens with zero attached hydrogens (tertiary/aromatic N) is 1. The second-order valence-corrected chi connectivity index (χ2v) is 7.11. The minimum Gasteiger partial charge on any atom is -0.355 e. The first kappa shape index (κ1) is 17.6. The lowest BCUT2D eigenvalue weighted by atomic mass is 9.93. The largest absolute Gasteiger partial charge is 0.355 e. The Hall–Kier alpha value is -2.24. The van der Waals surface area contributed by atoms with Crippen molar-refractivity contribution < 1.29 is 13.6 Å². The Balaban J connectivity index is 1.63. The summed E-state index contributed by atoms with van der Waals surface area (Å²) in [5.74, 6) is -1.16. The van der Waals surface area contributed by atoms with Crippen LogP contribution >= 0.6 is 0 Å². The van der Waals surface area contributed by atoms with E-state index in [2.05, 4.69) is 15.5 Å². The molecule has 1 amide bonds. The zero-order valence-electron chi connectivity index (χ0n) is 14.7. The third kappa shape index (κ3) is 3.43. The molecule has 0 saturated heterocycles. The number of hydrogen-bond acceptors (Lipinski definition) is 2. The minimum absolute atomic E-state index is 0.0269. The Morgan fingerprint density at radius 3 is 2.48 bits per heavy atom. The fourth-order valence-electron chi connectivity index (χ4n) is 3.68. The second kappa shape index (κ2) is 6.58. The first-order valence-electron chi connectivity index (χ1n) is 8.57. The molecule has 1 atom stereocenters. The van der Waals surface area contributed by atoms with E-state index in [0.717, 1.165) is 17.0 Å². The van der Waals surface area contributed by atoms with Gasteiger partial charge in [0.05, 0.1) is 5.69 Å². The summed E-state index contributed by atoms with van der Waals surface area (Å²) in [5, 5.41) is 9.95. The molecule has 25 heavy (non-hydrogen) atoms. The number of carbonyl (C=O) groups is 1. The Bertz CT molecular complexity index is 756. The monoisotopic (exact) mass is 347 g/mol. The molecule has 6 heteroatoms. The molecule has 0 radical (unpaired) electrons. The molecular formula is C19H23F2N3O. The van der Waals surface area contributed by atoms with Gasteiger partial charge in [-0.25, -0.2) is 8.78 Å². The smallest absolute Gasteiger partial charge is 0.220 e. The number of amides is 1. The van der Waals surface area contributed by atoms with Crippen molar-refractivity contribution in [2.24, 2.45) is 0 Å². The Morgan fingerprint density at radius 1 is 1.32 bits per heavy atom. The number of aromatic amines is 1. The third-order valence-electron chi connectivity index (χ3n) is 5.14. The van der Waals surface area contributed by atoms with Crippen LogP contribution in [-0.2, 0) is 10.2 Å². The van der Waals surface area contributed by atoms with Crippen LogP contribution in [-0.4, -0.2) is 22.6 Å². The van der Waals surface area contributed by atoms with Gasteiger partial charge in [-0.3, -0.25) is 9.89 Å². The van der Waals surface area contributed by atoms with Crippen molar-refractivity contribution in [1.82, 2.24) is 15.5 Å². The zero-order chi connectivity index (χ0) is 18.2. The Labute approximate surface area is 146 Å². The van der Waals surface area contributed by atoms with Crippen LogP contribution < -0.4 is 5.32 Å².